The largest absolute Gasteiger partial charge is 0.494 e. The topological polar surface area (TPSA) is 112 Å². The van der Waals surface area contributed by atoms with Crippen molar-refractivity contribution in [1.82, 2.24) is 25.1 Å². The summed E-state index contributed by atoms with van der Waals surface area (Å²) in [6.45, 7) is 8.31. The van der Waals surface area contributed by atoms with Crippen LogP contribution in [0.2, 0.25) is 0 Å². The summed E-state index contributed by atoms with van der Waals surface area (Å²) in [5, 5.41) is 12.1. The monoisotopic (exact) mass is 494 g/mol. The first-order valence-electron chi connectivity index (χ1n) is 11.6. The number of carbonyl (C=O) groups excluding carboxylic acids is 2. The number of nitrogens with zero attached hydrogens (tertiary/aromatic N) is 6. The average molecular weight is 495 g/mol. The van der Waals surface area contributed by atoms with Crippen LogP contribution in [-0.2, 0) is 16.9 Å². The maximum Gasteiger partial charge on any atom is 0.332 e. The number of aromatic nitrogens is 4. The number of ether oxygens (including phenoxy) is 3. The lowest BCUT2D eigenvalue weighted by molar-refractivity contribution is -0.120. The van der Waals surface area contributed by atoms with Crippen LogP contribution in [0.5, 0.6) is 17.2 Å². The van der Waals surface area contributed by atoms with E-state index in [4.69, 9.17) is 14.2 Å². The van der Waals surface area contributed by atoms with Crippen molar-refractivity contribution in [3.63, 3.8) is 0 Å². The summed E-state index contributed by atoms with van der Waals surface area (Å²) < 4.78 is 17.8. The van der Waals surface area contributed by atoms with E-state index in [2.05, 4.69) is 15.5 Å². The fourth-order valence-electron chi connectivity index (χ4n) is 4.11. The second-order valence-corrected chi connectivity index (χ2v) is 9.22. The van der Waals surface area contributed by atoms with Gasteiger partial charge in [0, 0.05) is 6.54 Å². The second kappa shape index (κ2) is 9.84. The Balaban J connectivity index is 1.77. The van der Waals surface area contributed by atoms with Gasteiger partial charge in [0.25, 0.3) is 5.91 Å². The molecular formula is C25H30N6O5. The molecule has 1 unspecified atom stereocenters. The molecule has 190 valence electrons. The third-order valence-electron chi connectivity index (χ3n) is 5.78. The molecule has 3 amide bonds. The number of amides is 3. The quantitative estimate of drug-likeness (QED) is 0.437. The Bertz CT molecular complexity index is 1250. The van der Waals surface area contributed by atoms with E-state index in [1.54, 1.807) is 55.3 Å². The highest BCUT2D eigenvalue weighted by Gasteiger charge is 2.50. The van der Waals surface area contributed by atoms with Gasteiger partial charge in [0.05, 0.1) is 32.1 Å². The predicted molar refractivity (Wildman–Crippen MR) is 131 cm³/mol. The zero-order valence-corrected chi connectivity index (χ0v) is 21.3. The molecule has 3 aromatic rings. The van der Waals surface area contributed by atoms with E-state index in [1.807, 2.05) is 33.8 Å². The highest BCUT2D eigenvalue weighted by atomic mass is 16.5. The number of rotatable bonds is 8. The van der Waals surface area contributed by atoms with Gasteiger partial charge in [-0.25, -0.2) is 14.4 Å². The molecule has 11 nitrogen and oxygen atoms in total. The summed E-state index contributed by atoms with van der Waals surface area (Å²) in [4.78, 5) is 30.2. The van der Waals surface area contributed by atoms with Gasteiger partial charge in [-0.15, -0.1) is 5.10 Å². The Morgan fingerprint density at radius 3 is 2.28 bits per heavy atom. The third kappa shape index (κ3) is 4.56. The zero-order chi connectivity index (χ0) is 26.0. The van der Waals surface area contributed by atoms with Crippen LogP contribution >= 0.6 is 0 Å². The average Bonchev–Trinajstić information content (AvgIpc) is 3.43. The first-order chi connectivity index (χ1) is 17.2. The van der Waals surface area contributed by atoms with E-state index in [0.717, 1.165) is 10.5 Å². The zero-order valence-electron chi connectivity index (χ0n) is 21.3. The number of tetrazole rings is 1. The highest BCUT2D eigenvalue weighted by molar-refractivity contribution is 6.21. The van der Waals surface area contributed by atoms with Crippen molar-refractivity contribution in [3.8, 4) is 17.2 Å². The van der Waals surface area contributed by atoms with Crippen molar-refractivity contribution in [3.05, 3.63) is 53.9 Å². The molecule has 0 bridgehead atoms. The van der Waals surface area contributed by atoms with Crippen LogP contribution in [0.15, 0.2) is 42.5 Å². The van der Waals surface area contributed by atoms with Gasteiger partial charge in [-0.1, -0.05) is 6.07 Å². The van der Waals surface area contributed by atoms with Gasteiger partial charge in [0.2, 0.25) is 0 Å². The van der Waals surface area contributed by atoms with Crippen molar-refractivity contribution in [2.45, 2.75) is 45.8 Å². The number of methoxy groups -OCH3 is 2. The number of imide groups is 1. The second-order valence-electron chi connectivity index (χ2n) is 9.22. The maximum absolute atomic E-state index is 13.8. The molecule has 2 heterocycles. The molecule has 1 aromatic heterocycles. The molecule has 4 rings (SSSR count). The smallest absolute Gasteiger partial charge is 0.332 e. The van der Waals surface area contributed by atoms with Crippen molar-refractivity contribution >= 4 is 17.6 Å². The van der Waals surface area contributed by atoms with Gasteiger partial charge in [-0.3, -0.25) is 4.79 Å². The molecular weight excluding hydrogens is 464 g/mol. The summed E-state index contributed by atoms with van der Waals surface area (Å²) in [6, 6.07) is 10.7. The molecule has 11 heteroatoms. The number of hydrogen-bond acceptors (Lipinski definition) is 8. The Morgan fingerprint density at radius 1 is 0.972 bits per heavy atom. The van der Waals surface area contributed by atoms with E-state index >= 15 is 0 Å². The molecule has 0 N–H and O–H groups in total. The molecule has 1 aliphatic heterocycles. The van der Waals surface area contributed by atoms with E-state index in [0.29, 0.717) is 29.5 Å². The van der Waals surface area contributed by atoms with E-state index < -0.39 is 23.5 Å². The molecule has 1 aliphatic rings. The van der Waals surface area contributed by atoms with E-state index in [1.165, 1.54) is 4.90 Å². The molecule has 0 radical (unpaired) electrons. The van der Waals surface area contributed by atoms with E-state index in [9.17, 15) is 9.59 Å². The minimum absolute atomic E-state index is 0.125. The molecule has 1 fully saturated rings. The molecule has 1 atom stereocenters. The summed E-state index contributed by atoms with van der Waals surface area (Å²) in [6.07, 6.45) is 0. The van der Waals surface area contributed by atoms with Crippen LogP contribution in [0.4, 0.5) is 10.5 Å². The van der Waals surface area contributed by atoms with Gasteiger partial charge in [-0.2, -0.15) is 0 Å². The third-order valence-corrected chi connectivity index (χ3v) is 5.78. The molecule has 2 aromatic carbocycles. The summed E-state index contributed by atoms with van der Waals surface area (Å²) in [5.74, 6) is 1.58. The standard InChI is InChI=1S/C25H30N6O5/c1-7-36-18-11-9-17(10-12-18)30-23(32)21(22-26-27-28-31(22)25(2,3)4)29(24(30)33)15-16-8-13-19(34-5)20(14-16)35-6/h8-14,21H,7,15H2,1-6H3. The Morgan fingerprint density at radius 2 is 1.67 bits per heavy atom. The molecule has 0 spiro atoms. The summed E-state index contributed by atoms with van der Waals surface area (Å²) >= 11 is 0. The molecule has 0 saturated carbocycles. The van der Waals surface area contributed by atoms with Crippen LogP contribution < -0.4 is 19.1 Å². The van der Waals surface area contributed by atoms with Crippen molar-refractivity contribution in [2.75, 3.05) is 25.7 Å². The van der Waals surface area contributed by atoms with Crippen molar-refractivity contribution in [1.29, 1.82) is 0 Å². The van der Waals surface area contributed by atoms with Crippen LogP contribution in [-0.4, -0.2) is 57.9 Å². The van der Waals surface area contributed by atoms with Crippen LogP contribution in [0.1, 0.15) is 45.1 Å². The minimum atomic E-state index is -1.02. The lowest BCUT2D eigenvalue weighted by atomic mass is 10.1. The predicted octanol–water partition coefficient (Wildman–Crippen LogP) is 3.55. The lowest BCUT2D eigenvalue weighted by Gasteiger charge is -2.25. The molecule has 1 saturated heterocycles. The minimum Gasteiger partial charge on any atom is -0.494 e. The van der Waals surface area contributed by atoms with Crippen molar-refractivity contribution < 1.29 is 23.8 Å². The van der Waals surface area contributed by atoms with E-state index in [-0.39, 0.29) is 12.4 Å². The number of benzene rings is 2. The van der Waals surface area contributed by atoms with Gasteiger partial charge >= 0.3 is 6.03 Å². The molecule has 36 heavy (non-hydrogen) atoms. The summed E-state index contributed by atoms with van der Waals surface area (Å²) in [7, 11) is 3.09. The normalized spacial score (nSPS) is 16.0. The Hall–Kier alpha value is -4.15. The Kier molecular flexibility index (Phi) is 6.82. The van der Waals surface area contributed by atoms with Gasteiger partial charge in [-0.05, 0) is 80.1 Å². The fourth-order valence-corrected chi connectivity index (χ4v) is 4.11. The SMILES string of the molecule is CCOc1ccc(N2C(=O)C(c3nnnn3C(C)(C)C)N(Cc3ccc(OC)c(OC)c3)C2=O)cc1. The number of urea groups is 1. The number of hydrogen-bond donors (Lipinski definition) is 0. The number of anilines is 1. The Labute approximate surface area is 209 Å². The maximum atomic E-state index is 13.8. The van der Waals surface area contributed by atoms with Crippen LogP contribution in [0.25, 0.3) is 0 Å². The highest BCUT2D eigenvalue weighted by Crippen LogP contribution is 2.37. The number of carbonyl (C=O) groups is 2. The van der Waals surface area contributed by atoms with Crippen LogP contribution in [0, 0.1) is 0 Å². The first-order valence-corrected chi connectivity index (χ1v) is 11.6. The first kappa shape index (κ1) is 25.0. The van der Waals surface area contributed by atoms with Crippen molar-refractivity contribution in [2.24, 2.45) is 0 Å². The fraction of sp³-hybridized carbons (Fsp3) is 0.400. The van der Waals surface area contributed by atoms with Gasteiger partial charge in [0.15, 0.2) is 23.4 Å². The van der Waals surface area contributed by atoms with Gasteiger partial charge < -0.3 is 19.1 Å². The van der Waals surface area contributed by atoms with Gasteiger partial charge in [0.1, 0.15) is 5.75 Å². The summed E-state index contributed by atoms with van der Waals surface area (Å²) in [5.41, 5.74) is 0.675. The van der Waals surface area contributed by atoms with Crippen LogP contribution in [0.3, 0.4) is 0 Å². The molecule has 0 aliphatic carbocycles. The lowest BCUT2D eigenvalue weighted by Crippen LogP contribution is -2.34.